The molecule has 4 heterocycles. The van der Waals surface area contributed by atoms with E-state index in [0.29, 0.717) is 22.6 Å². The van der Waals surface area contributed by atoms with Crippen molar-refractivity contribution in [2.45, 2.75) is 55.8 Å². The van der Waals surface area contributed by atoms with Crippen molar-refractivity contribution in [3.63, 3.8) is 0 Å². The summed E-state index contributed by atoms with van der Waals surface area (Å²) in [6.45, 7) is 1.21. The number of fused-ring (bicyclic) bond motifs is 4. The largest absolute Gasteiger partial charge is 0.376 e. The molecule has 1 aromatic carbocycles. The Morgan fingerprint density at radius 1 is 1.16 bits per heavy atom. The Kier molecular flexibility index (Phi) is 5.08. The van der Waals surface area contributed by atoms with Gasteiger partial charge in [0.25, 0.3) is 11.1 Å². The predicted molar refractivity (Wildman–Crippen MR) is 125 cm³/mol. The van der Waals surface area contributed by atoms with Gasteiger partial charge in [0, 0.05) is 11.5 Å². The number of aromatic nitrogens is 5. The number of nitrogens with zero attached hydrogens (tertiary/aromatic N) is 5. The number of thioether (sulfide) groups is 1. The minimum atomic E-state index is -0.202. The van der Waals surface area contributed by atoms with Gasteiger partial charge in [-0.25, -0.2) is 4.98 Å². The van der Waals surface area contributed by atoms with Crippen LogP contribution in [0.1, 0.15) is 29.7 Å². The van der Waals surface area contributed by atoms with E-state index in [1.54, 1.807) is 28.0 Å². The quantitative estimate of drug-likeness (QED) is 0.329. The van der Waals surface area contributed by atoms with Gasteiger partial charge in [-0.1, -0.05) is 29.1 Å². The summed E-state index contributed by atoms with van der Waals surface area (Å²) in [5.41, 5.74) is 1.55. The van der Waals surface area contributed by atoms with Crippen molar-refractivity contribution in [3.8, 4) is 0 Å². The molecule has 0 spiro atoms. The van der Waals surface area contributed by atoms with Gasteiger partial charge in [0.15, 0.2) is 5.16 Å². The number of thiophene rings is 1. The van der Waals surface area contributed by atoms with Gasteiger partial charge in [-0.2, -0.15) is 4.68 Å². The molecule has 6 rings (SSSR count). The average Bonchev–Trinajstić information content (AvgIpc) is 3.53. The first-order valence-corrected chi connectivity index (χ1v) is 12.6. The van der Waals surface area contributed by atoms with Gasteiger partial charge in [0.05, 0.1) is 29.3 Å². The van der Waals surface area contributed by atoms with Crippen LogP contribution in [0.3, 0.4) is 0 Å². The van der Waals surface area contributed by atoms with Crippen LogP contribution in [0.4, 0.5) is 0 Å². The van der Waals surface area contributed by atoms with Gasteiger partial charge in [-0.15, -0.1) is 16.4 Å². The van der Waals surface area contributed by atoms with E-state index in [-0.39, 0.29) is 23.1 Å². The van der Waals surface area contributed by atoms with Gasteiger partial charge in [0.1, 0.15) is 10.3 Å². The molecule has 10 heteroatoms. The van der Waals surface area contributed by atoms with Crippen molar-refractivity contribution in [2.24, 2.45) is 0 Å². The highest BCUT2D eigenvalue weighted by Gasteiger charge is 2.25. The van der Waals surface area contributed by atoms with Crippen molar-refractivity contribution >= 4 is 44.2 Å². The van der Waals surface area contributed by atoms with Gasteiger partial charge in [0.2, 0.25) is 0 Å². The maximum Gasteiger partial charge on any atom is 0.278 e. The van der Waals surface area contributed by atoms with E-state index in [1.165, 1.54) is 26.9 Å². The molecule has 0 radical (unpaired) electrons. The van der Waals surface area contributed by atoms with Crippen molar-refractivity contribution in [3.05, 3.63) is 55.4 Å². The SMILES string of the molecule is O=c1c2ccccc2nnn1CSc1nc2sc3c(c2c(=O)n1C[C@@H]1CCCO1)CCC3. The topological polar surface area (TPSA) is 91.9 Å². The van der Waals surface area contributed by atoms with Crippen molar-refractivity contribution in [2.75, 3.05) is 6.61 Å². The fraction of sp³-hybridized carbons (Fsp3) is 0.409. The Morgan fingerprint density at radius 3 is 2.94 bits per heavy atom. The summed E-state index contributed by atoms with van der Waals surface area (Å²) in [6.07, 6.45) is 5.02. The number of benzene rings is 1. The lowest BCUT2D eigenvalue weighted by molar-refractivity contribution is 0.0937. The first-order valence-electron chi connectivity index (χ1n) is 10.8. The first kappa shape index (κ1) is 20.1. The third-order valence-corrected chi connectivity index (χ3v) is 8.27. The second-order valence-electron chi connectivity index (χ2n) is 8.17. The Labute approximate surface area is 191 Å². The number of rotatable bonds is 5. The molecule has 32 heavy (non-hydrogen) atoms. The number of ether oxygens (including phenoxy) is 1. The highest BCUT2D eigenvalue weighted by molar-refractivity contribution is 7.98. The van der Waals surface area contributed by atoms with E-state index in [1.807, 2.05) is 12.1 Å². The molecule has 0 unspecified atom stereocenters. The predicted octanol–water partition coefficient (Wildman–Crippen LogP) is 2.98. The zero-order chi connectivity index (χ0) is 21.7. The minimum Gasteiger partial charge on any atom is -0.376 e. The summed E-state index contributed by atoms with van der Waals surface area (Å²) in [5.74, 6) is 0.227. The molecule has 164 valence electrons. The molecule has 0 saturated carbocycles. The summed E-state index contributed by atoms with van der Waals surface area (Å²) in [6, 6.07) is 7.16. The third-order valence-electron chi connectivity index (χ3n) is 6.15. The van der Waals surface area contributed by atoms with Crippen LogP contribution in [-0.4, -0.2) is 37.3 Å². The van der Waals surface area contributed by atoms with Crippen molar-refractivity contribution in [1.29, 1.82) is 0 Å². The number of aryl methyl sites for hydroxylation is 2. The Bertz CT molecular complexity index is 1450. The summed E-state index contributed by atoms with van der Waals surface area (Å²) in [5, 5.41) is 10.1. The van der Waals surface area contributed by atoms with Gasteiger partial charge >= 0.3 is 0 Å². The van der Waals surface area contributed by atoms with Crippen molar-refractivity contribution in [1.82, 2.24) is 24.5 Å². The van der Waals surface area contributed by atoms with Crippen LogP contribution in [0, 0.1) is 0 Å². The molecular formula is C22H21N5O3S2. The van der Waals surface area contributed by atoms with E-state index in [9.17, 15) is 9.59 Å². The molecule has 0 bridgehead atoms. The maximum absolute atomic E-state index is 13.6. The number of hydrogen-bond donors (Lipinski definition) is 0. The molecule has 0 N–H and O–H groups in total. The average molecular weight is 468 g/mol. The van der Waals surface area contributed by atoms with Crippen molar-refractivity contribution < 1.29 is 4.74 Å². The molecule has 1 aliphatic carbocycles. The third kappa shape index (κ3) is 3.37. The standard InChI is InChI=1S/C22H21N5O3S2/c28-20-14-6-1-2-8-16(14)24-25-27(20)12-31-22-23-19-18(15-7-3-9-17(15)32-19)21(29)26(22)11-13-5-4-10-30-13/h1-2,6,8,13H,3-5,7,9-12H2/t13-/m0/s1. The lowest BCUT2D eigenvalue weighted by Gasteiger charge is -2.16. The minimum absolute atomic E-state index is 0.00402. The second-order valence-corrected chi connectivity index (χ2v) is 10.2. The summed E-state index contributed by atoms with van der Waals surface area (Å²) >= 11 is 2.97. The summed E-state index contributed by atoms with van der Waals surface area (Å²) in [7, 11) is 0. The molecule has 1 fully saturated rings. The molecule has 1 saturated heterocycles. The molecule has 1 atom stereocenters. The van der Waals surface area contributed by atoms with Crippen LogP contribution in [-0.2, 0) is 30.0 Å². The maximum atomic E-state index is 13.6. The number of hydrogen-bond acceptors (Lipinski definition) is 8. The second kappa shape index (κ2) is 8.09. The van der Waals surface area contributed by atoms with Gasteiger partial charge in [-0.3, -0.25) is 14.2 Å². The Balaban J connectivity index is 1.40. The van der Waals surface area contributed by atoms with Crippen LogP contribution >= 0.6 is 23.1 Å². The van der Waals surface area contributed by atoms with Crippen LogP contribution in [0.2, 0.25) is 0 Å². The monoisotopic (exact) mass is 467 g/mol. The zero-order valence-electron chi connectivity index (χ0n) is 17.3. The lowest BCUT2D eigenvalue weighted by atomic mass is 10.2. The molecule has 3 aromatic heterocycles. The van der Waals surface area contributed by atoms with E-state index in [0.717, 1.165) is 48.9 Å². The Morgan fingerprint density at radius 2 is 2.06 bits per heavy atom. The fourth-order valence-electron chi connectivity index (χ4n) is 4.55. The van der Waals surface area contributed by atoms with Gasteiger partial charge < -0.3 is 4.74 Å². The van der Waals surface area contributed by atoms with Crippen LogP contribution in [0.15, 0.2) is 39.0 Å². The normalized spacial score (nSPS) is 18.1. The van der Waals surface area contributed by atoms with Crippen LogP contribution < -0.4 is 11.1 Å². The van der Waals surface area contributed by atoms with Gasteiger partial charge in [-0.05, 0) is 49.8 Å². The highest BCUT2D eigenvalue weighted by atomic mass is 32.2. The molecule has 0 amide bonds. The van der Waals surface area contributed by atoms with Crippen LogP contribution in [0.5, 0.6) is 0 Å². The Hall–Kier alpha value is -2.56. The fourth-order valence-corrected chi connectivity index (χ4v) is 6.73. The van der Waals surface area contributed by atoms with E-state index < -0.39 is 0 Å². The molecular weight excluding hydrogens is 446 g/mol. The smallest absolute Gasteiger partial charge is 0.278 e. The first-order chi connectivity index (χ1) is 15.7. The molecule has 8 nitrogen and oxygen atoms in total. The zero-order valence-corrected chi connectivity index (χ0v) is 19.0. The molecule has 1 aliphatic heterocycles. The lowest BCUT2D eigenvalue weighted by Crippen LogP contribution is -2.29. The van der Waals surface area contributed by atoms with E-state index >= 15 is 0 Å². The van der Waals surface area contributed by atoms with E-state index in [4.69, 9.17) is 9.72 Å². The summed E-state index contributed by atoms with van der Waals surface area (Å²) < 4.78 is 8.88. The van der Waals surface area contributed by atoms with E-state index in [2.05, 4.69) is 10.3 Å². The highest BCUT2D eigenvalue weighted by Crippen LogP contribution is 2.36. The van der Waals surface area contributed by atoms with Crippen LogP contribution in [0.25, 0.3) is 21.1 Å². The summed E-state index contributed by atoms with van der Waals surface area (Å²) in [4.78, 5) is 33.4. The molecule has 2 aliphatic rings. The molecule has 4 aromatic rings.